The Morgan fingerprint density at radius 3 is 1.88 bits per heavy atom. The maximum atomic E-state index is 9.49. The molecule has 0 bridgehead atoms. The Hall–Kier alpha value is 0.137. The largest absolute Gasteiger partial charge is 0.418 e. The third-order valence-electron chi connectivity index (χ3n) is 1.75. The lowest BCUT2D eigenvalue weighted by Gasteiger charge is -2.20. The van der Waals surface area contributed by atoms with Gasteiger partial charge in [0.25, 0.3) is 8.48 Å². The summed E-state index contributed by atoms with van der Waals surface area (Å²) in [4.78, 5) is 12.5. The van der Waals surface area contributed by atoms with Gasteiger partial charge in [0, 0.05) is 6.17 Å². The van der Waals surface area contributed by atoms with Gasteiger partial charge in [-0.15, -0.1) is 0 Å². The molecule has 0 aromatic heterocycles. The van der Waals surface area contributed by atoms with E-state index in [0.29, 0.717) is 0 Å². The van der Waals surface area contributed by atoms with Gasteiger partial charge in [-0.25, -0.2) is 0 Å². The van der Waals surface area contributed by atoms with E-state index in [0.717, 1.165) is 6.17 Å². The lowest BCUT2D eigenvalue weighted by molar-refractivity contribution is 0.503. The fourth-order valence-corrected chi connectivity index (χ4v) is 2.34. The zero-order valence-corrected chi connectivity index (χ0v) is 6.65. The van der Waals surface area contributed by atoms with Gasteiger partial charge in [-0.1, -0.05) is 20.8 Å². The summed E-state index contributed by atoms with van der Waals surface area (Å²) < 4.78 is 0. The number of nitrogens with one attached hydrogen (secondary N) is 1. The van der Waals surface area contributed by atoms with Crippen LogP contribution in [0.5, 0.6) is 0 Å². The quantitative estimate of drug-likeness (QED) is 0.368. The molecule has 1 atom stereocenters. The molecule has 0 saturated carbocycles. The molecule has 8 heavy (non-hydrogen) atoms. The van der Waals surface area contributed by atoms with E-state index in [1.54, 1.807) is 0 Å². The minimum Gasteiger partial charge on any atom is -0.418 e. The molecule has 0 aromatic rings. The predicted molar refractivity (Wildman–Crippen MR) is 35.7 cm³/mol. The summed E-state index contributed by atoms with van der Waals surface area (Å²) in [7, 11) is -1.86. The molecule has 2 N–H and O–H groups in total. The highest BCUT2D eigenvalue weighted by Crippen LogP contribution is 2.37. The zero-order valence-electron chi connectivity index (χ0n) is 5.65. The average molecular weight is 131 g/mol. The van der Waals surface area contributed by atoms with Crippen LogP contribution in [0.4, 0.5) is 0 Å². The van der Waals surface area contributed by atoms with Crippen molar-refractivity contribution in [1.82, 2.24) is 4.98 Å². The van der Waals surface area contributed by atoms with E-state index >= 15 is 0 Å². The molecule has 1 saturated heterocycles. The summed E-state index contributed by atoms with van der Waals surface area (Å²) in [5.74, 6) is 0. The van der Waals surface area contributed by atoms with Gasteiger partial charge in [0.1, 0.15) is 0 Å². The van der Waals surface area contributed by atoms with Crippen molar-refractivity contribution in [3.8, 4) is 0 Å². The van der Waals surface area contributed by atoms with Gasteiger partial charge in [0.2, 0.25) is 0 Å². The Bertz CT molecular complexity index is 100. The predicted octanol–water partition coefficient (Wildman–Crippen LogP) is 0.363. The highest BCUT2D eigenvalue weighted by atomic mass is 28.4. The SMILES string of the molecule is CC(C)(C)[Si@@]1(O)CN1. The van der Waals surface area contributed by atoms with Crippen LogP contribution >= 0.6 is 0 Å². The molecule has 1 rings (SSSR count). The van der Waals surface area contributed by atoms with E-state index in [9.17, 15) is 4.80 Å². The topological polar surface area (TPSA) is 42.2 Å². The van der Waals surface area contributed by atoms with Crippen molar-refractivity contribution in [2.45, 2.75) is 25.8 Å². The van der Waals surface area contributed by atoms with Crippen LogP contribution in [0.25, 0.3) is 0 Å². The summed E-state index contributed by atoms with van der Waals surface area (Å²) in [6.07, 6.45) is 0.885. The molecule has 0 aliphatic carbocycles. The lowest BCUT2D eigenvalue weighted by atomic mass is 10.3. The van der Waals surface area contributed by atoms with Gasteiger partial charge in [0.15, 0.2) is 0 Å². The Kier molecular flexibility index (Phi) is 1.05. The summed E-state index contributed by atoms with van der Waals surface area (Å²) in [5, 5.41) is 0.132. The van der Waals surface area contributed by atoms with Crippen molar-refractivity contribution in [2.75, 3.05) is 6.17 Å². The van der Waals surface area contributed by atoms with Crippen LogP contribution in [0.2, 0.25) is 5.04 Å². The van der Waals surface area contributed by atoms with Crippen molar-refractivity contribution in [1.29, 1.82) is 0 Å². The van der Waals surface area contributed by atoms with Crippen molar-refractivity contribution in [3.05, 3.63) is 0 Å². The molecule has 0 radical (unpaired) electrons. The van der Waals surface area contributed by atoms with Gasteiger partial charge in [-0.3, -0.25) is 0 Å². The fraction of sp³-hybridized carbons (Fsp3) is 1.00. The van der Waals surface area contributed by atoms with Crippen molar-refractivity contribution < 1.29 is 4.80 Å². The second-order valence-corrected chi connectivity index (χ2v) is 7.39. The summed E-state index contributed by atoms with van der Waals surface area (Å²) in [6.45, 7) is 6.25. The van der Waals surface area contributed by atoms with Crippen molar-refractivity contribution in [2.24, 2.45) is 0 Å². The maximum absolute atomic E-state index is 9.49. The number of hydrogen-bond donors (Lipinski definition) is 2. The third-order valence-corrected chi connectivity index (χ3v) is 5.26. The second kappa shape index (κ2) is 1.34. The first-order chi connectivity index (χ1) is 3.46. The van der Waals surface area contributed by atoms with Crippen LogP contribution in [-0.2, 0) is 0 Å². The Morgan fingerprint density at radius 2 is 1.88 bits per heavy atom. The summed E-state index contributed by atoms with van der Waals surface area (Å²) in [5.41, 5.74) is 0. The first-order valence-electron chi connectivity index (χ1n) is 2.93. The molecule has 2 nitrogen and oxygen atoms in total. The Morgan fingerprint density at radius 1 is 1.50 bits per heavy atom. The normalized spacial score (nSPS) is 37.5. The lowest BCUT2D eigenvalue weighted by Crippen LogP contribution is -2.33. The van der Waals surface area contributed by atoms with Gasteiger partial charge in [-0.05, 0) is 5.04 Å². The van der Waals surface area contributed by atoms with Gasteiger partial charge < -0.3 is 9.78 Å². The van der Waals surface area contributed by atoms with E-state index in [2.05, 4.69) is 25.8 Å². The van der Waals surface area contributed by atoms with Gasteiger partial charge in [-0.2, -0.15) is 0 Å². The van der Waals surface area contributed by atoms with Crippen molar-refractivity contribution >= 4 is 8.48 Å². The van der Waals surface area contributed by atoms with E-state index < -0.39 is 8.48 Å². The maximum Gasteiger partial charge on any atom is 0.284 e. The molecule has 48 valence electrons. The van der Waals surface area contributed by atoms with Crippen LogP contribution in [0.1, 0.15) is 20.8 Å². The molecular formula is C5H13NOSi. The van der Waals surface area contributed by atoms with Crippen LogP contribution in [0, 0.1) is 0 Å². The van der Waals surface area contributed by atoms with E-state index in [-0.39, 0.29) is 5.04 Å². The molecular weight excluding hydrogens is 118 g/mol. The van der Waals surface area contributed by atoms with Crippen LogP contribution in [-0.4, -0.2) is 19.4 Å². The molecule has 3 heteroatoms. The molecule has 0 amide bonds. The minimum atomic E-state index is -1.86. The molecule has 0 unspecified atom stereocenters. The highest BCUT2D eigenvalue weighted by molar-refractivity contribution is 6.81. The molecule has 1 fully saturated rings. The first kappa shape index (κ1) is 6.26. The molecule has 1 aliphatic heterocycles. The third kappa shape index (κ3) is 0.810. The van der Waals surface area contributed by atoms with Crippen LogP contribution in [0.15, 0.2) is 0 Å². The van der Waals surface area contributed by atoms with E-state index in [4.69, 9.17) is 0 Å². The fourth-order valence-electron chi connectivity index (χ4n) is 0.614. The van der Waals surface area contributed by atoms with Crippen LogP contribution < -0.4 is 4.98 Å². The summed E-state index contributed by atoms with van der Waals surface area (Å²) in [6, 6.07) is 0. The average Bonchev–Trinajstić information content (AvgIpc) is 2.16. The summed E-state index contributed by atoms with van der Waals surface area (Å²) >= 11 is 0. The highest BCUT2D eigenvalue weighted by Gasteiger charge is 2.54. The molecule has 1 heterocycles. The first-order valence-corrected chi connectivity index (χ1v) is 5.09. The number of rotatable bonds is 0. The van der Waals surface area contributed by atoms with E-state index in [1.807, 2.05) is 0 Å². The van der Waals surface area contributed by atoms with Gasteiger partial charge >= 0.3 is 0 Å². The standard InChI is InChI=1S/C5H13NOSi/c1-5(2,3)8(7)4-6-8/h6-7H,4H2,1-3H3/t8-/m0/s1. The smallest absolute Gasteiger partial charge is 0.284 e. The molecule has 1 aliphatic rings. The van der Waals surface area contributed by atoms with Gasteiger partial charge in [0.05, 0.1) is 0 Å². The molecule has 0 aromatic carbocycles. The monoisotopic (exact) mass is 131 g/mol. The molecule has 0 spiro atoms. The minimum absolute atomic E-state index is 0.132. The Labute approximate surface area is 51.1 Å². The van der Waals surface area contributed by atoms with Crippen molar-refractivity contribution in [3.63, 3.8) is 0 Å². The second-order valence-electron chi connectivity index (χ2n) is 3.46. The Balaban J connectivity index is 2.58. The van der Waals surface area contributed by atoms with Crippen LogP contribution in [0.3, 0.4) is 0 Å². The zero-order chi connectivity index (χ0) is 6.41. The number of hydrogen-bond acceptors (Lipinski definition) is 2. The van der Waals surface area contributed by atoms with E-state index in [1.165, 1.54) is 0 Å².